The van der Waals surface area contributed by atoms with Gasteiger partial charge in [-0.25, -0.2) is 0 Å². The van der Waals surface area contributed by atoms with Gasteiger partial charge in [-0.15, -0.1) is 0 Å². The first-order chi connectivity index (χ1) is 12.1. The number of benzene rings is 2. The van der Waals surface area contributed by atoms with Crippen LogP contribution in [0.3, 0.4) is 0 Å². The molecule has 2 aromatic rings. The van der Waals surface area contributed by atoms with Gasteiger partial charge in [-0.1, -0.05) is 12.1 Å². The first-order valence-corrected chi connectivity index (χ1v) is 8.32. The minimum absolute atomic E-state index is 0.0154. The Hall–Kier alpha value is -2.69. The third-order valence-corrected chi connectivity index (χ3v) is 3.87. The second kappa shape index (κ2) is 9.57. The number of hydrogen-bond donors (Lipinski definition) is 1. The highest BCUT2D eigenvalue weighted by Gasteiger charge is 2.09. The number of rotatable bonds is 9. The van der Waals surface area contributed by atoms with Gasteiger partial charge in [0.15, 0.2) is 0 Å². The molecule has 5 nitrogen and oxygen atoms in total. The number of ether oxygens (including phenoxy) is 3. The quantitative estimate of drug-likeness (QED) is 0.705. The lowest BCUT2D eigenvalue weighted by Crippen LogP contribution is -2.26. The molecule has 5 heteroatoms. The summed E-state index contributed by atoms with van der Waals surface area (Å²) in [6.07, 6.45) is 1.09. The van der Waals surface area contributed by atoms with Crippen LogP contribution in [0.2, 0.25) is 0 Å². The Morgan fingerprint density at radius 3 is 2.00 bits per heavy atom. The lowest BCUT2D eigenvalue weighted by molar-refractivity contribution is -0.121. The van der Waals surface area contributed by atoms with Gasteiger partial charge < -0.3 is 19.5 Å². The van der Waals surface area contributed by atoms with Gasteiger partial charge in [-0.05, 0) is 55.3 Å². The molecule has 0 aliphatic heterocycles. The molecular weight excluding hydrogens is 318 g/mol. The van der Waals surface area contributed by atoms with Gasteiger partial charge in [0, 0.05) is 6.42 Å². The summed E-state index contributed by atoms with van der Waals surface area (Å²) >= 11 is 0. The number of methoxy groups -OCH3 is 2. The van der Waals surface area contributed by atoms with E-state index in [0.717, 1.165) is 22.8 Å². The Labute approximate surface area is 148 Å². The Morgan fingerprint density at radius 2 is 1.44 bits per heavy atom. The Kier molecular flexibility index (Phi) is 7.14. The molecule has 0 radical (unpaired) electrons. The monoisotopic (exact) mass is 343 g/mol. The Morgan fingerprint density at radius 1 is 0.920 bits per heavy atom. The van der Waals surface area contributed by atoms with Crippen molar-refractivity contribution in [3.8, 4) is 17.2 Å². The first kappa shape index (κ1) is 18.6. The molecule has 1 N–H and O–H groups in total. The number of carbonyl (C=O) groups is 1. The SMILES string of the molecule is COc1ccc(OCCCC(=O)N[C@@H](C)c2ccc(OC)cc2)cc1. The van der Waals surface area contributed by atoms with E-state index in [1.54, 1.807) is 14.2 Å². The summed E-state index contributed by atoms with van der Waals surface area (Å²) in [5.41, 5.74) is 1.05. The van der Waals surface area contributed by atoms with Crippen molar-refractivity contribution in [1.29, 1.82) is 0 Å². The average molecular weight is 343 g/mol. The molecule has 0 saturated heterocycles. The van der Waals surface area contributed by atoms with Crippen LogP contribution in [0, 0.1) is 0 Å². The molecule has 0 aromatic heterocycles. The van der Waals surface area contributed by atoms with E-state index in [2.05, 4.69) is 5.32 Å². The van der Waals surface area contributed by atoms with E-state index in [-0.39, 0.29) is 11.9 Å². The van der Waals surface area contributed by atoms with E-state index in [1.165, 1.54) is 0 Å². The topological polar surface area (TPSA) is 56.8 Å². The van der Waals surface area contributed by atoms with Gasteiger partial charge in [0.1, 0.15) is 17.2 Å². The molecule has 0 heterocycles. The van der Waals surface area contributed by atoms with Gasteiger partial charge in [-0.3, -0.25) is 4.79 Å². The molecule has 0 unspecified atom stereocenters. The highest BCUT2D eigenvalue weighted by Crippen LogP contribution is 2.18. The van der Waals surface area contributed by atoms with Crippen LogP contribution in [-0.4, -0.2) is 26.7 Å². The van der Waals surface area contributed by atoms with Crippen LogP contribution >= 0.6 is 0 Å². The maximum absolute atomic E-state index is 12.0. The summed E-state index contributed by atoms with van der Waals surface area (Å²) in [5.74, 6) is 2.38. The van der Waals surface area contributed by atoms with Crippen molar-refractivity contribution in [3.05, 3.63) is 54.1 Å². The van der Waals surface area contributed by atoms with Gasteiger partial charge >= 0.3 is 0 Å². The molecule has 0 aliphatic carbocycles. The zero-order chi connectivity index (χ0) is 18.1. The van der Waals surface area contributed by atoms with Gasteiger partial charge in [-0.2, -0.15) is 0 Å². The minimum atomic E-state index is -0.0408. The standard InChI is InChI=1S/C20H25NO4/c1-15(16-6-8-17(23-2)9-7-16)21-20(22)5-4-14-25-19-12-10-18(24-3)11-13-19/h6-13,15H,4-5,14H2,1-3H3,(H,21,22)/t15-/m0/s1. The van der Waals surface area contributed by atoms with E-state index >= 15 is 0 Å². The minimum Gasteiger partial charge on any atom is -0.497 e. The van der Waals surface area contributed by atoms with Crippen molar-refractivity contribution < 1.29 is 19.0 Å². The smallest absolute Gasteiger partial charge is 0.220 e. The maximum Gasteiger partial charge on any atom is 0.220 e. The molecule has 0 aliphatic rings. The summed E-state index contributed by atoms with van der Waals surface area (Å²) < 4.78 is 15.9. The number of nitrogens with one attached hydrogen (secondary N) is 1. The van der Waals surface area contributed by atoms with Gasteiger partial charge in [0.2, 0.25) is 5.91 Å². The van der Waals surface area contributed by atoms with Crippen molar-refractivity contribution >= 4 is 5.91 Å². The van der Waals surface area contributed by atoms with E-state index in [0.29, 0.717) is 19.4 Å². The molecule has 0 fully saturated rings. The van der Waals surface area contributed by atoms with Crippen LogP contribution in [-0.2, 0) is 4.79 Å². The Balaban J connectivity index is 1.68. The molecule has 1 amide bonds. The summed E-state index contributed by atoms with van der Waals surface area (Å²) in [5, 5.41) is 3.00. The summed E-state index contributed by atoms with van der Waals surface area (Å²) in [4.78, 5) is 12.0. The van der Waals surface area contributed by atoms with Crippen LogP contribution in [0.15, 0.2) is 48.5 Å². The van der Waals surface area contributed by atoms with Gasteiger partial charge in [0.05, 0.1) is 26.9 Å². The predicted molar refractivity (Wildman–Crippen MR) is 97.3 cm³/mol. The highest BCUT2D eigenvalue weighted by atomic mass is 16.5. The van der Waals surface area contributed by atoms with Crippen LogP contribution in [0.1, 0.15) is 31.4 Å². The normalized spacial score (nSPS) is 11.5. The third kappa shape index (κ3) is 6.03. The molecule has 2 rings (SSSR count). The first-order valence-electron chi connectivity index (χ1n) is 8.32. The largest absolute Gasteiger partial charge is 0.497 e. The van der Waals surface area contributed by atoms with E-state index in [9.17, 15) is 4.79 Å². The van der Waals surface area contributed by atoms with Gasteiger partial charge in [0.25, 0.3) is 0 Å². The van der Waals surface area contributed by atoms with Crippen molar-refractivity contribution in [3.63, 3.8) is 0 Å². The molecular formula is C20H25NO4. The lowest BCUT2D eigenvalue weighted by atomic mass is 10.1. The number of amides is 1. The average Bonchev–Trinajstić information content (AvgIpc) is 2.65. The molecule has 0 saturated carbocycles. The highest BCUT2D eigenvalue weighted by molar-refractivity contribution is 5.76. The summed E-state index contributed by atoms with van der Waals surface area (Å²) in [7, 11) is 3.26. The molecule has 0 bridgehead atoms. The van der Waals surface area contributed by atoms with E-state index in [4.69, 9.17) is 14.2 Å². The zero-order valence-electron chi connectivity index (χ0n) is 15.0. The van der Waals surface area contributed by atoms with Crippen LogP contribution in [0.4, 0.5) is 0 Å². The second-order valence-corrected chi connectivity index (χ2v) is 5.69. The summed E-state index contributed by atoms with van der Waals surface area (Å²) in [6, 6.07) is 15.0. The van der Waals surface area contributed by atoms with E-state index < -0.39 is 0 Å². The second-order valence-electron chi connectivity index (χ2n) is 5.69. The van der Waals surface area contributed by atoms with Crippen molar-refractivity contribution in [1.82, 2.24) is 5.32 Å². The summed E-state index contributed by atoms with van der Waals surface area (Å²) in [6.45, 7) is 2.46. The maximum atomic E-state index is 12.0. The fraction of sp³-hybridized carbons (Fsp3) is 0.350. The predicted octanol–water partition coefficient (Wildman–Crippen LogP) is 3.74. The molecule has 0 spiro atoms. The fourth-order valence-electron chi connectivity index (χ4n) is 2.38. The molecule has 2 aromatic carbocycles. The zero-order valence-corrected chi connectivity index (χ0v) is 15.0. The van der Waals surface area contributed by atoms with Crippen LogP contribution in [0.5, 0.6) is 17.2 Å². The van der Waals surface area contributed by atoms with Crippen LogP contribution in [0.25, 0.3) is 0 Å². The van der Waals surface area contributed by atoms with Crippen LogP contribution < -0.4 is 19.5 Å². The molecule has 1 atom stereocenters. The lowest BCUT2D eigenvalue weighted by Gasteiger charge is -2.15. The number of carbonyl (C=O) groups excluding carboxylic acids is 1. The fourth-order valence-corrected chi connectivity index (χ4v) is 2.38. The van der Waals surface area contributed by atoms with Crippen molar-refractivity contribution in [2.24, 2.45) is 0 Å². The number of hydrogen-bond acceptors (Lipinski definition) is 4. The van der Waals surface area contributed by atoms with Crippen molar-refractivity contribution in [2.75, 3.05) is 20.8 Å². The molecule has 134 valence electrons. The Bertz CT molecular complexity index is 652. The third-order valence-electron chi connectivity index (χ3n) is 3.87. The molecule has 25 heavy (non-hydrogen) atoms. The van der Waals surface area contributed by atoms with E-state index in [1.807, 2.05) is 55.5 Å². The van der Waals surface area contributed by atoms with Crippen molar-refractivity contribution in [2.45, 2.75) is 25.8 Å².